The fourth-order valence-corrected chi connectivity index (χ4v) is 0.688. The van der Waals surface area contributed by atoms with Crippen molar-refractivity contribution in [2.24, 2.45) is 0 Å². The number of rotatable bonds is 1. The van der Waals surface area contributed by atoms with Gasteiger partial charge in [-0.05, 0) is 13.0 Å². The van der Waals surface area contributed by atoms with Gasteiger partial charge in [-0.1, -0.05) is 18.3 Å². The third kappa shape index (κ3) is 1.57. The Morgan fingerprint density at radius 3 is 2.78 bits per heavy atom. The summed E-state index contributed by atoms with van der Waals surface area (Å²) in [5.41, 5.74) is 2.02. The highest BCUT2D eigenvalue weighted by atomic mass is 32.1. The van der Waals surface area contributed by atoms with Crippen molar-refractivity contribution in [2.45, 2.75) is 6.92 Å². The molecule has 46 valence electrons. The molecule has 0 spiro atoms. The van der Waals surface area contributed by atoms with Gasteiger partial charge in [-0.3, -0.25) is 4.98 Å². The zero-order valence-corrected chi connectivity index (χ0v) is 5.98. The topological polar surface area (TPSA) is 12.9 Å². The van der Waals surface area contributed by atoms with Gasteiger partial charge in [0.2, 0.25) is 0 Å². The van der Waals surface area contributed by atoms with E-state index in [4.69, 9.17) is 12.2 Å². The molecule has 2 heteroatoms. The van der Waals surface area contributed by atoms with E-state index in [0.717, 1.165) is 11.3 Å². The second-order valence-corrected chi connectivity index (χ2v) is 2.09. The molecule has 0 atom stereocenters. The summed E-state index contributed by atoms with van der Waals surface area (Å²) in [6, 6.07) is 3.90. The van der Waals surface area contributed by atoms with E-state index in [2.05, 4.69) is 4.98 Å². The Morgan fingerprint density at radius 2 is 2.33 bits per heavy atom. The molecule has 0 unspecified atom stereocenters. The highest BCUT2D eigenvalue weighted by Crippen LogP contribution is 1.94. The second-order valence-electron chi connectivity index (χ2n) is 1.85. The molecule has 0 amide bonds. The minimum atomic E-state index is 0.996. The van der Waals surface area contributed by atoms with Crippen molar-refractivity contribution in [3.05, 3.63) is 29.6 Å². The van der Waals surface area contributed by atoms with Crippen LogP contribution in [0.2, 0.25) is 0 Å². The summed E-state index contributed by atoms with van der Waals surface area (Å²) in [7, 11) is 0. The minimum Gasteiger partial charge on any atom is -0.261 e. The molecule has 0 bridgehead atoms. The molecule has 1 aromatic rings. The molecule has 0 aliphatic heterocycles. The van der Waals surface area contributed by atoms with Gasteiger partial charge in [-0.15, -0.1) is 0 Å². The lowest BCUT2D eigenvalue weighted by molar-refractivity contribution is 1.20. The van der Waals surface area contributed by atoms with Crippen LogP contribution in [0.5, 0.6) is 0 Å². The fraction of sp³-hybridized carbons (Fsp3) is 0.143. The van der Waals surface area contributed by atoms with Crippen LogP contribution < -0.4 is 0 Å². The first kappa shape index (κ1) is 6.36. The van der Waals surface area contributed by atoms with Crippen LogP contribution >= 0.6 is 12.2 Å². The van der Waals surface area contributed by atoms with Crippen LogP contribution in [0.4, 0.5) is 0 Å². The van der Waals surface area contributed by atoms with Gasteiger partial charge in [0.15, 0.2) is 0 Å². The zero-order chi connectivity index (χ0) is 6.69. The van der Waals surface area contributed by atoms with E-state index in [-0.39, 0.29) is 0 Å². The SMILES string of the molecule is Cc1ccc(C=S)cn1. The van der Waals surface area contributed by atoms with E-state index in [1.807, 2.05) is 19.1 Å². The average Bonchev–Trinajstić information content (AvgIpc) is 1.90. The quantitative estimate of drug-likeness (QED) is 0.547. The van der Waals surface area contributed by atoms with Crippen molar-refractivity contribution in [1.29, 1.82) is 0 Å². The van der Waals surface area contributed by atoms with Gasteiger partial charge in [-0.2, -0.15) is 0 Å². The summed E-state index contributed by atoms with van der Waals surface area (Å²) >= 11 is 4.70. The molecule has 0 saturated carbocycles. The van der Waals surface area contributed by atoms with E-state index in [1.165, 1.54) is 0 Å². The van der Waals surface area contributed by atoms with Crippen LogP contribution in [-0.2, 0) is 0 Å². The predicted molar refractivity (Wildman–Crippen MR) is 41.7 cm³/mol. The molecule has 0 aromatic carbocycles. The van der Waals surface area contributed by atoms with Gasteiger partial charge in [0.05, 0.1) is 0 Å². The number of aryl methyl sites for hydroxylation is 1. The van der Waals surface area contributed by atoms with Crippen LogP contribution in [0, 0.1) is 6.92 Å². The molecule has 0 aliphatic carbocycles. The van der Waals surface area contributed by atoms with Crippen LogP contribution in [0.3, 0.4) is 0 Å². The molecular formula is C7H7NS. The standard InChI is InChI=1S/C7H7NS/c1-6-2-3-7(5-9)4-8-6/h2-5H,1H3. The molecule has 1 heterocycles. The molecule has 0 aliphatic rings. The summed E-state index contributed by atoms with van der Waals surface area (Å²) < 4.78 is 0. The fourth-order valence-electron chi connectivity index (χ4n) is 0.549. The lowest BCUT2D eigenvalue weighted by atomic mass is 10.3. The number of thiocarbonyl (C=S) groups is 1. The summed E-state index contributed by atoms with van der Waals surface area (Å²) in [6.45, 7) is 1.95. The van der Waals surface area contributed by atoms with E-state index in [0.29, 0.717) is 0 Å². The Bertz CT molecular complexity index is 203. The van der Waals surface area contributed by atoms with Crippen molar-refractivity contribution < 1.29 is 0 Å². The molecule has 0 N–H and O–H groups in total. The third-order valence-corrected chi connectivity index (χ3v) is 1.34. The first-order valence-electron chi connectivity index (χ1n) is 2.71. The van der Waals surface area contributed by atoms with Crippen molar-refractivity contribution in [3.8, 4) is 0 Å². The molecule has 9 heavy (non-hydrogen) atoms. The Hall–Kier alpha value is -0.760. The van der Waals surface area contributed by atoms with E-state index in [9.17, 15) is 0 Å². The molecule has 0 saturated heterocycles. The normalized spacial score (nSPS) is 9.00. The monoisotopic (exact) mass is 137 g/mol. The summed E-state index contributed by atoms with van der Waals surface area (Å²) in [5.74, 6) is 0. The van der Waals surface area contributed by atoms with Gasteiger partial charge in [-0.25, -0.2) is 0 Å². The van der Waals surface area contributed by atoms with Crippen LogP contribution in [0.1, 0.15) is 11.3 Å². The van der Waals surface area contributed by atoms with Gasteiger partial charge in [0.25, 0.3) is 0 Å². The summed E-state index contributed by atoms with van der Waals surface area (Å²) in [6.07, 6.45) is 1.77. The number of aromatic nitrogens is 1. The Labute approximate surface area is 59.7 Å². The van der Waals surface area contributed by atoms with E-state index >= 15 is 0 Å². The van der Waals surface area contributed by atoms with Crippen LogP contribution in [0.15, 0.2) is 18.3 Å². The van der Waals surface area contributed by atoms with Gasteiger partial charge < -0.3 is 0 Å². The second kappa shape index (κ2) is 2.69. The average molecular weight is 137 g/mol. The van der Waals surface area contributed by atoms with Gasteiger partial charge in [0.1, 0.15) is 0 Å². The summed E-state index contributed by atoms with van der Waals surface area (Å²) in [5, 5.41) is 1.62. The first-order chi connectivity index (χ1) is 4.33. The lowest BCUT2D eigenvalue weighted by Crippen LogP contribution is -1.82. The van der Waals surface area contributed by atoms with Crippen LogP contribution in [0.25, 0.3) is 0 Å². The maximum atomic E-state index is 4.70. The molecule has 0 radical (unpaired) electrons. The predicted octanol–water partition coefficient (Wildman–Crippen LogP) is 1.74. The number of pyridine rings is 1. The smallest absolute Gasteiger partial charge is 0.0373 e. The van der Waals surface area contributed by atoms with Crippen molar-refractivity contribution >= 4 is 17.6 Å². The van der Waals surface area contributed by atoms with Crippen molar-refractivity contribution in [1.82, 2.24) is 4.98 Å². The molecular weight excluding hydrogens is 130 g/mol. The highest BCUT2D eigenvalue weighted by molar-refractivity contribution is 7.79. The highest BCUT2D eigenvalue weighted by Gasteiger charge is 1.84. The lowest BCUT2D eigenvalue weighted by Gasteiger charge is -1.89. The molecule has 1 nitrogen and oxygen atoms in total. The Kier molecular flexibility index (Phi) is 1.90. The van der Waals surface area contributed by atoms with Crippen molar-refractivity contribution in [3.63, 3.8) is 0 Å². The number of hydrogen-bond acceptors (Lipinski definition) is 2. The summed E-state index contributed by atoms with van der Waals surface area (Å²) in [4.78, 5) is 4.05. The number of hydrogen-bond donors (Lipinski definition) is 0. The third-order valence-electron chi connectivity index (χ3n) is 1.07. The van der Waals surface area contributed by atoms with Gasteiger partial charge in [0, 0.05) is 22.8 Å². The van der Waals surface area contributed by atoms with E-state index < -0.39 is 0 Å². The van der Waals surface area contributed by atoms with Crippen LogP contribution in [-0.4, -0.2) is 10.4 Å². The maximum absolute atomic E-state index is 4.70. The molecule has 1 aromatic heterocycles. The largest absolute Gasteiger partial charge is 0.261 e. The maximum Gasteiger partial charge on any atom is 0.0373 e. The van der Waals surface area contributed by atoms with E-state index in [1.54, 1.807) is 11.6 Å². The minimum absolute atomic E-state index is 0.996. The number of nitrogens with zero attached hydrogens (tertiary/aromatic N) is 1. The first-order valence-corrected chi connectivity index (χ1v) is 3.18. The molecule has 0 fully saturated rings. The zero-order valence-electron chi connectivity index (χ0n) is 5.16. The van der Waals surface area contributed by atoms with Gasteiger partial charge >= 0.3 is 0 Å². The molecule has 1 rings (SSSR count). The Balaban J connectivity index is 3.01. The Morgan fingerprint density at radius 1 is 1.56 bits per heavy atom. The van der Waals surface area contributed by atoms with Crippen molar-refractivity contribution in [2.75, 3.05) is 0 Å².